The lowest BCUT2D eigenvalue weighted by atomic mass is 9.90. The predicted octanol–water partition coefficient (Wildman–Crippen LogP) is 3.86. The minimum atomic E-state index is -0.0644. The molecule has 5 heterocycles. The molecule has 9 heteroatoms. The van der Waals surface area contributed by atoms with E-state index < -0.39 is 0 Å². The molecule has 0 aromatic carbocycles. The largest absolute Gasteiger partial charge is 0.394 e. The first-order valence-electron chi connectivity index (χ1n) is 13.3. The van der Waals surface area contributed by atoms with Crippen molar-refractivity contribution >= 4 is 28.7 Å². The lowest BCUT2D eigenvalue weighted by Gasteiger charge is -2.42. The summed E-state index contributed by atoms with van der Waals surface area (Å²) in [6, 6.07) is 2.27. The second-order valence-corrected chi connectivity index (χ2v) is 10.7. The zero-order valence-corrected chi connectivity index (χ0v) is 23.1. The Kier molecular flexibility index (Phi) is 8.04. The summed E-state index contributed by atoms with van der Waals surface area (Å²) in [6.07, 6.45) is 14.8. The molecule has 2 aromatic rings. The molecule has 0 saturated carbocycles. The van der Waals surface area contributed by atoms with Crippen molar-refractivity contribution in [3.05, 3.63) is 76.6 Å². The Balaban J connectivity index is 1.34. The van der Waals surface area contributed by atoms with Crippen molar-refractivity contribution in [3.8, 4) is 0 Å². The van der Waals surface area contributed by atoms with E-state index >= 15 is 0 Å². The number of imidazole rings is 1. The molecule has 0 aliphatic carbocycles. The van der Waals surface area contributed by atoms with Gasteiger partial charge in [-0.1, -0.05) is 24.6 Å². The number of aliphatic hydroxyl groups excluding tert-OH is 1. The number of carbonyl (C=O) groups excluding carboxylic acids is 1. The van der Waals surface area contributed by atoms with Crippen LogP contribution in [0.25, 0.3) is 11.2 Å². The summed E-state index contributed by atoms with van der Waals surface area (Å²) in [5.74, 6) is 0.0891. The standard InChI is InChI=1S/C29H36ClN5O3/c1-20-4-5-24-6-7-25(33-9-8-32(22(3)17-33)10-12-38-13-11-36)19-35(24)28(37)15-26(20)23-14-27(30)29-31-21(2)16-34(29)18-23/h5-7,14-16,18-20,22,36H,4,8-13,17H2,1-3H3. The summed E-state index contributed by atoms with van der Waals surface area (Å²) in [6.45, 7) is 10.9. The van der Waals surface area contributed by atoms with Crippen LogP contribution in [0.5, 0.6) is 0 Å². The SMILES string of the molecule is Cc1cn2cc(C3=CC(=O)N4C=C(N5CCN(CCOCCO)C(C)C5)C=CC4=CCC3C)cc(Cl)c2n1. The maximum Gasteiger partial charge on any atom is 0.255 e. The number of aromatic nitrogens is 2. The highest BCUT2D eigenvalue weighted by molar-refractivity contribution is 6.33. The Labute approximate surface area is 229 Å². The molecule has 3 aliphatic heterocycles. The summed E-state index contributed by atoms with van der Waals surface area (Å²) in [5.41, 5.74) is 5.47. The number of nitrogens with zero attached hydrogens (tertiary/aromatic N) is 5. The van der Waals surface area contributed by atoms with Gasteiger partial charge in [0, 0.05) is 62.6 Å². The van der Waals surface area contributed by atoms with Gasteiger partial charge >= 0.3 is 0 Å². The minimum Gasteiger partial charge on any atom is -0.394 e. The molecule has 5 rings (SSSR count). The minimum absolute atomic E-state index is 0.0539. The van der Waals surface area contributed by atoms with Crippen molar-refractivity contribution in [1.29, 1.82) is 0 Å². The third-order valence-corrected chi connectivity index (χ3v) is 7.82. The molecule has 0 bridgehead atoms. The van der Waals surface area contributed by atoms with E-state index in [1.165, 1.54) is 0 Å². The number of piperazine rings is 1. The van der Waals surface area contributed by atoms with Crippen LogP contribution in [-0.2, 0) is 9.53 Å². The monoisotopic (exact) mass is 537 g/mol. The first kappa shape index (κ1) is 26.7. The van der Waals surface area contributed by atoms with E-state index in [0.717, 1.165) is 66.5 Å². The first-order valence-corrected chi connectivity index (χ1v) is 13.7. The quantitative estimate of drug-likeness (QED) is 0.541. The van der Waals surface area contributed by atoms with Crippen molar-refractivity contribution in [3.63, 3.8) is 0 Å². The van der Waals surface area contributed by atoms with Gasteiger partial charge in [0.05, 0.1) is 36.2 Å². The highest BCUT2D eigenvalue weighted by Crippen LogP contribution is 2.33. The Bertz CT molecular complexity index is 1330. The van der Waals surface area contributed by atoms with Gasteiger partial charge in [0.25, 0.3) is 5.91 Å². The van der Waals surface area contributed by atoms with Crippen molar-refractivity contribution in [2.75, 3.05) is 46.0 Å². The summed E-state index contributed by atoms with van der Waals surface area (Å²) in [5, 5.41) is 9.48. The highest BCUT2D eigenvalue weighted by Gasteiger charge is 2.28. The van der Waals surface area contributed by atoms with Gasteiger partial charge in [-0.3, -0.25) is 14.6 Å². The van der Waals surface area contributed by atoms with Gasteiger partial charge in [-0.05, 0) is 55.5 Å². The Morgan fingerprint density at radius 1 is 1.16 bits per heavy atom. The summed E-state index contributed by atoms with van der Waals surface area (Å²) >= 11 is 6.57. The number of fused-ring (bicyclic) bond motifs is 2. The summed E-state index contributed by atoms with van der Waals surface area (Å²) < 4.78 is 7.39. The van der Waals surface area contributed by atoms with Gasteiger partial charge in [0.2, 0.25) is 0 Å². The number of rotatable bonds is 7. The number of allylic oxidation sites excluding steroid dienone is 4. The molecule has 8 nitrogen and oxygen atoms in total. The highest BCUT2D eigenvalue weighted by atomic mass is 35.5. The molecule has 0 spiro atoms. The van der Waals surface area contributed by atoms with Crippen LogP contribution in [0.4, 0.5) is 0 Å². The van der Waals surface area contributed by atoms with Gasteiger partial charge in [-0.25, -0.2) is 4.98 Å². The lowest BCUT2D eigenvalue weighted by Crippen LogP contribution is -2.52. The van der Waals surface area contributed by atoms with Crippen LogP contribution < -0.4 is 0 Å². The number of pyridine rings is 1. The molecule has 2 unspecified atom stereocenters. The average molecular weight is 538 g/mol. The predicted molar refractivity (Wildman–Crippen MR) is 149 cm³/mol. The molecule has 1 amide bonds. The second kappa shape index (κ2) is 11.5. The van der Waals surface area contributed by atoms with E-state index in [1.807, 2.05) is 36.0 Å². The molecule has 202 valence electrons. The molecule has 1 fully saturated rings. The van der Waals surface area contributed by atoms with Crippen LogP contribution in [0.2, 0.25) is 5.02 Å². The third kappa shape index (κ3) is 5.59. The zero-order chi connectivity index (χ0) is 26.8. The van der Waals surface area contributed by atoms with E-state index in [9.17, 15) is 4.79 Å². The third-order valence-electron chi connectivity index (χ3n) is 7.54. The van der Waals surface area contributed by atoms with Gasteiger partial charge in [-0.15, -0.1) is 0 Å². The van der Waals surface area contributed by atoms with Crippen molar-refractivity contribution < 1.29 is 14.6 Å². The lowest BCUT2D eigenvalue weighted by molar-refractivity contribution is -0.122. The van der Waals surface area contributed by atoms with E-state index in [2.05, 4.69) is 46.9 Å². The Morgan fingerprint density at radius 3 is 2.76 bits per heavy atom. The van der Waals surface area contributed by atoms with Gasteiger partial charge < -0.3 is 19.1 Å². The summed E-state index contributed by atoms with van der Waals surface area (Å²) in [4.78, 5) is 24.6. The van der Waals surface area contributed by atoms with Crippen LogP contribution in [0.15, 0.2) is 60.4 Å². The number of hydrogen-bond donors (Lipinski definition) is 1. The number of hydrogen-bond acceptors (Lipinski definition) is 6. The number of amides is 1. The second-order valence-electron chi connectivity index (χ2n) is 10.3. The summed E-state index contributed by atoms with van der Waals surface area (Å²) in [7, 11) is 0. The molecule has 2 aromatic heterocycles. The number of halogens is 1. The van der Waals surface area contributed by atoms with Crippen molar-refractivity contribution in [2.45, 2.75) is 33.2 Å². The van der Waals surface area contributed by atoms with E-state index in [-0.39, 0.29) is 18.4 Å². The fourth-order valence-corrected chi connectivity index (χ4v) is 5.69. The van der Waals surface area contributed by atoms with E-state index in [1.54, 1.807) is 11.0 Å². The van der Waals surface area contributed by atoms with Crippen molar-refractivity contribution in [1.82, 2.24) is 24.1 Å². The van der Waals surface area contributed by atoms with Crippen LogP contribution in [0, 0.1) is 12.8 Å². The number of aryl methyl sites for hydroxylation is 1. The molecule has 3 aliphatic rings. The number of aliphatic hydroxyl groups is 1. The smallest absolute Gasteiger partial charge is 0.255 e. The van der Waals surface area contributed by atoms with Gasteiger partial charge in [0.1, 0.15) is 0 Å². The normalized spacial score (nSPS) is 22.7. The molecule has 38 heavy (non-hydrogen) atoms. The molecule has 0 radical (unpaired) electrons. The number of ether oxygens (including phenoxy) is 1. The molecule has 2 atom stereocenters. The first-order chi connectivity index (χ1) is 18.3. The zero-order valence-electron chi connectivity index (χ0n) is 22.3. The maximum atomic E-state index is 13.6. The maximum absolute atomic E-state index is 13.6. The molecular formula is C29H36ClN5O3. The fraction of sp³-hybridized carbons (Fsp3) is 0.448. The van der Waals surface area contributed by atoms with Crippen LogP contribution >= 0.6 is 11.6 Å². The molecule has 1 saturated heterocycles. The molecular weight excluding hydrogens is 502 g/mol. The van der Waals surface area contributed by atoms with Gasteiger partial charge in [-0.2, -0.15) is 0 Å². The van der Waals surface area contributed by atoms with E-state index in [4.69, 9.17) is 21.4 Å². The topological polar surface area (TPSA) is 73.6 Å². The van der Waals surface area contributed by atoms with Crippen LogP contribution in [0.3, 0.4) is 0 Å². The average Bonchev–Trinajstić information content (AvgIpc) is 3.29. The van der Waals surface area contributed by atoms with Crippen LogP contribution in [-0.4, -0.2) is 87.1 Å². The Morgan fingerprint density at radius 2 is 1.97 bits per heavy atom. The van der Waals surface area contributed by atoms with E-state index in [0.29, 0.717) is 24.3 Å². The van der Waals surface area contributed by atoms with Crippen molar-refractivity contribution in [2.24, 2.45) is 5.92 Å². The van der Waals surface area contributed by atoms with Crippen LogP contribution in [0.1, 0.15) is 31.5 Å². The Hall–Kier alpha value is -2.91. The number of carbonyl (C=O) groups is 1. The van der Waals surface area contributed by atoms with Gasteiger partial charge in [0.15, 0.2) is 5.65 Å². The fourth-order valence-electron chi connectivity index (χ4n) is 5.43. The molecule has 1 N–H and O–H groups in total.